The summed E-state index contributed by atoms with van der Waals surface area (Å²) in [5.41, 5.74) is 1.15. The summed E-state index contributed by atoms with van der Waals surface area (Å²) in [5, 5.41) is 11.3. The Morgan fingerprint density at radius 1 is 1.00 bits per heavy atom. The summed E-state index contributed by atoms with van der Waals surface area (Å²) in [6, 6.07) is 6.62. The zero-order chi connectivity index (χ0) is 22.7. The SMILES string of the molecule is N#CCC(=O)NCC1CCN(C(=O)c2ccc3c(c2)C(=O)N(C2CCCCC2)C3=O)CC1. The molecule has 0 bridgehead atoms. The van der Waals surface area contributed by atoms with Crippen LogP contribution < -0.4 is 5.32 Å². The van der Waals surface area contributed by atoms with Crippen molar-refractivity contribution in [3.05, 3.63) is 34.9 Å². The number of nitriles is 1. The minimum Gasteiger partial charge on any atom is -0.355 e. The van der Waals surface area contributed by atoms with Gasteiger partial charge < -0.3 is 10.2 Å². The molecule has 0 radical (unpaired) electrons. The van der Waals surface area contributed by atoms with Crippen LogP contribution in [0.4, 0.5) is 0 Å². The maximum Gasteiger partial charge on any atom is 0.261 e. The maximum atomic E-state index is 13.0. The number of benzene rings is 1. The predicted molar refractivity (Wildman–Crippen MR) is 116 cm³/mol. The van der Waals surface area contributed by atoms with Gasteiger partial charge >= 0.3 is 0 Å². The number of likely N-dealkylation sites (tertiary alicyclic amines) is 1. The number of carbonyl (C=O) groups is 4. The molecule has 0 spiro atoms. The van der Waals surface area contributed by atoms with Gasteiger partial charge in [0, 0.05) is 31.2 Å². The number of piperidine rings is 1. The number of amides is 4. The molecule has 4 amide bonds. The van der Waals surface area contributed by atoms with Crippen molar-refractivity contribution in [3.8, 4) is 6.07 Å². The van der Waals surface area contributed by atoms with Crippen molar-refractivity contribution in [1.29, 1.82) is 5.26 Å². The summed E-state index contributed by atoms with van der Waals surface area (Å²) in [7, 11) is 0. The lowest BCUT2D eigenvalue weighted by atomic mass is 9.94. The molecule has 0 unspecified atom stereocenters. The van der Waals surface area contributed by atoms with Crippen LogP contribution >= 0.6 is 0 Å². The number of fused-ring (bicyclic) bond motifs is 1. The molecule has 1 saturated heterocycles. The number of imide groups is 1. The first-order valence-electron chi connectivity index (χ1n) is 11.4. The summed E-state index contributed by atoms with van der Waals surface area (Å²) < 4.78 is 0. The number of hydrogen-bond donors (Lipinski definition) is 1. The Morgan fingerprint density at radius 2 is 1.69 bits per heavy atom. The van der Waals surface area contributed by atoms with Crippen molar-refractivity contribution in [2.75, 3.05) is 19.6 Å². The third-order valence-corrected chi connectivity index (χ3v) is 6.83. The van der Waals surface area contributed by atoms with Gasteiger partial charge in [0.2, 0.25) is 5.91 Å². The van der Waals surface area contributed by atoms with Crippen LogP contribution in [0.5, 0.6) is 0 Å². The average Bonchev–Trinajstić information content (AvgIpc) is 3.07. The number of hydrogen-bond acceptors (Lipinski definition) is 5. The Hall–Kier alpha value is -3.21. The van der Waals surface area contributed by atoms with Crippen molar-refractivity contribution in [3.63, 3.8) is 0 Å². The second-order valence-electron chi connectivity index (χ2n) is 8.91. The molecule has 1 N–H and O–H groups in total. The molecule has 1 aromatic carbocycles. The molecule has 2 fully saturated rings. The third kappa shape index (κ3) is 4.38. The molecule has 32 heavy (non-hydrogen) atoms. The van der Waals surface area contributed by atoms with E-state index >= 15 is 0 Å². The molecule has 8 nitrogen and oxygen atoms in total. The van der Waals surface area contributed by atoms with Crippen LogP contribution in [-0.2, 0) is 4.79 Å². The van der Waals surface area contributed by atoms with Gasteiger partial charge in [-0.2, -0.15) is 5.26 Å². The summed E-state index contributed by atoms with van der Waals surface area (Å²) in [6.45, 7) is 1.64. The lowest BCUT2D eigenvalue weighted by Crippen LogP contribution is -2.41. The minimum atomic E-state index is -0.279. The van der Waals surface area contributed by atoms with Crippen LogP contribution in [0, 0.1) is 17.2 Å². The highest BCUT2D eigenvalue weighted by Gasteiger charge is 2.40. The number of nitrogens with zero attached hydrogens (tertiary/aromatic N) is 3. The Bertz CT molecular complexity index is 969. The quantitative estimate of drug-likeness (QED) is 0.713. The van der Waals surface area contributed by atoms with Crippen LogP contribution in [0.2, 0.25) is 0 Å². The van der Waals surface area contributed by atoms with Gasteiger partial charge in [0.15, 0.2) is 0 Å². The van der Waals surface area contributed by atoms with Crippen LogP contribution in [0.3, 0.4) is 0 Å². The van der Waals surface area contributed by atoms with Crippen LogP contribution in [0.25, 0.3) is 0 Å². The number of rotatable bonds is 5. The lowest BCUT2D eigenvalue weighted by molar-refractivity contribution is -0.120. The average molecular weight is 437 g/mol. The van der Waals surface area contributed by atoms with E-state index in [1.807, 2.05) is 6.07 Å². The Labute approximate surface area is 187 Å². The van der Waals surface area contributed by atoms with E-state index in [9.17, 15) is 19.2 Å². The highest BCUT2D eigenvalue weighted by atomic mass is 16.2. The van der Waals surface area contributed by atoms with Gasteiger partial charge in [0.25, 0.3) is 17.7 Å². The van der Waals surface area contributed by atoms with Gasteiger partial charge in [-0.15, -0.1) is 0 Å². The van der Waals surface area contributed by atoms with Crippen molar-refractivity contribution >= 4 is 23.6 Å². The summed E-state index contributed by atoms with van der Waals surface area (Å²) >= 11 is 0. The standard InChI is InChI=1S/C24H28N4O4/c25-11-8-21(29)26-15-16-9-12-27(13-10-16)22(30)17-6-7-19-20(14-17)24(32)28(23(19)31)18-4-2-1-3-5-18/h6-7,14,16,18H,1-5,8-10,12-13,15H2,(H,26,29). The third-order valence-electron chi connectivity index (χ3n) is 6.83. The molecule has 3 aliphatic rings. The Morgan fingerprint density at radius 3 is 2.38 bits per heavy atom. The van der Waals surface area contributed by atoms with Crippen molar-refractivity contribution < 1.29 is 19.2 Å². The van der Waals surface area contributed by atoms with Gasteiger partial charge in [-0.3, -0.25) is 24.1 Å². The maximum absolute atomic E-state index is 13.0. The molecule has 0 aromatic heterocycles. The second-order valence-corrected chi connectivity index (χ2v) is 8.91. The number of nitrogens with one attached hydrogen (secondary N) is 1. The van der Waals surface area contributed by atoms with E-state index in [4.69, 9.17) is 5.26 Å². The molecule has 1 saturated carbocycles. The zero-order valence-corrected chi connectivity index (χ0v) is 18.1. The van der Waals surface area contributed by atoms with Crippen LogP contribution in [0.15, 0.2) is 18.2 Å². The summed E-state index contributed by atoms with van der Waals surface area (Å²) in [5.74, 6) is -0.666. The number of carbonyl (C=O) groups excluding carboxylic acids is 4. The normalized spacial score (nSPS) is 19.6. The van der Waals surface area contributed by atoms with Gasteiger partial charge in [0.05, 0.1) is 17.2 Å². The molecule has 1 aliphatic carbocycles. The first-order chi connectivity index (χ1) is 15.5. The first kappa shape index (κ1) is 22.0. The van der Waals surface area contributed by atoms with E-state index < -0.39 is 0 Å². The minimum absolute atomic E-state index is 0.0389. The largest absolute Gasteiger partial charge is 0.355 e. The fourth-order valence-electron chi connectivity index (χ4n) is 4.98. The molecular weight excluding hydrogens is 408 g/mol. The molecule has 1 aromatic rings. The van der Waals surface area contributed by atoms with Gasteiger partial charge in [-0.25, -0.2) is 0 Å². The van der Waals surface area contributed by atoms with E-state index in [1.54, 1.807) is 23.1 Å². The molecule has 0 atom stereocenters. The lowest BCUT2D eigenvalue weighted by Gasteiger charge is -2.32. The molecule has 4 rings (SSSR count). The van der Waals surface area contributed by atoms with Crippen molar-refractivity contribution in [2.45, 2.75) is 57.4 Å². The predicted octanol–water partition coefficient (Wildman–Crippen LogP) is 2.50. The highest BCUT2D eigenvalue weighted by Crippen LogP contribution is 2.32. The Balaban J connectivity index is 1.38. The monoisotopic (exact) mass is 436 g/mol. The van der Waals surface area contributed by atoms with E-state index in [-0.39, 0.29) is 42.0 Å². The van der Waals surface area contributed by atoms with Crippen LogP contribution in [-0.4, -0.2) is 59.1 Å². The fourth-order valence-corrected chi connectivity index (χ4v) is 4.98. The van der Waals surface area contributed by atoms with E-state index in [0.717, 1.165) is 44.9 Å². The van der Waals surface area contributed by atoms with E-state index in [2.05, 4.69) is 5.32 Å². The topological polar surface area (TPSA) is 111 Å². The smallest absolute Gasteiger partial charge is 0.261 e. The first-order valence-corrected chi connectivity index (χ1v) is 11.4. The van der Waals surface area contributed by atoms with Gasteiger partial charge in [0.1, 0.15) is 6.42 Å². The second kappa shape index (κ2) is 9.51. The highest BCUT2D eigenvalue weighted by molar-refractivity contribution is 6.22. The fraction of sp³-hybridized carbons (Fsp3) is 0.542. The van der Waals surface area contributed by atoms with Crippen molar-refractivity contribution in [2.24, 2.45) is 5.92 Å². The van der Waals surface area contributed by atoms with Gasteiger partial charge in [-0.1, -0.05) is 19.3 Å². The molecule has 2 heterocycles. The zero-order valence-electron chi connectivity index (χ0n) is 18.1. The molecular formula is C24H28N4O4. The van der Waals surface area contributed by atoms with Gasteiger partial charge in [-0.05, 0) is 49.8 Å². The van der Waals surface area contributed by atoms with E-state index in [0.29, 0.717) is 36.3 Å². The molecule has 168 valence electrons. The molecule has 2 aliphatic heterocycles. The summed E-state index contributed by atoms with van der Waals surface area (Å²) in [6.07, 6.45) is 6.27. The molecule has 8 heteroatoms. The van der Waals surface area contributed by atoms with Crippen molar-refractivity contribution in [1.82, 2.24) is 15.1 Å². The Kier molecular flexibility index (Phi) is 6.54. The van der Waals surface area contributed by atoms with Crippen LogP contribution in [0.1, 0.15) is 82.4 Å². The van der Waals surface area contributed by atoms with E-state index in [1.165, 1.54) is 4.90 Å². The summed E-state index contributed by atoms with van der Waals surface area (Å²) in [4.78, 5) is 53.5.